The highest BCUT2D eigenvalue weighted by Crippen LogP contribution is 2.09. The molecule has 7 nitrogen and oxygen atoms in total. The summed E-state index contributed by atoms with van der Waals surface area (Å²) in [6, 6.07) is -0.345. The van der Waals surface area contributed by atoms with E-state index in [2.05, 4.69) is 36.5 Å². The Morgan fingerprint density at radius 3 is 2.89 bits per heavy atom. The fraction of sp³-hybridized carbons (Fsp3) is 0.500. The molecule has 1 atom stereocenters. The summed E-state index contributed by atoms with van der Waals surface area (Å²) < 4.78 is 23.5. The molecule has 1 aliphatic rings. The van der Waals surface area contributed by atoms with Gasteiger partial charge in [-0.25, -0.2) is 18.4 Å². The van der Waals surface area contributed by atoms with Crippen LogP contribution >= 0.6 is 15.9 Å². The Balaban J connectivity index is 1.89. The number of carbonyl (C=O) groups excluding carboxylic acids is 1. The Labute approximate surface area is 119 Å². The van der Waals surface area contributed by atoms with E-state index in [1.54, 1.807) is 0 Å². The Morgan fingerprint density at radius 1 is 1.47 bits per heavy atom. The third-order valence-electron chi connectivity index (χ3n) is 2.62. The van der Waals surface area contributed by atoms with E-state index < -0.39 is 9.84 Å². The minimum atomic E-state index is -3.03. The Hall–Kier alpha value is -1.06. The van der Waals surface area contributed by atoms with Gasteiger partial charge in [-0.05, 0) is 15.9 Å². The van der Waals surface area contributed by atoms with Crippen molar-refractivity contribution in [3.8, 4) is 0 Å². The van der Waals surface area contributed by atoms with Crippen LogP contribution in [0.15, 0.2) is 17.0 Å². The summed E-state index contributed by atoms with van der Waals surface area (Å²) in [5, 5.41) is 5.59. The molecule has 19 heavy (non-hydrogen) atoms. The second-order valence-corrected chi connectivity index (χ2v) is 7.28. The molecule has 0 spiro atoms. The van der Waals surface area contributed by atoms with Gasteiger partial charge in [0.15, 0.2) is 15.7 Å². The van der Waals surface area contributed by atoms with Crippen molar-refractivity contribution in [1.29, 1.82) is 0 Å². The smallest absolute Gasteiger partial charge is 0.227 e. The normalized spacial score (nSPS) is 21.8. The summed E-state index contributed by atoms with van der Waals surface area (Å²) in [6.07, 6.45) is 2.99. The first kappa shape index (κ1) is 14.4. The minimum Gasteiger partial charge on any atom is -0.311 e. The molecule has 1 saturated heterocycles. The molecule has 1 aromatic rings. The number of sulfone groups is 1. The zero-order valence-corrected chi connectivity index (χ0v) is 12.4. The van der Waals surface area contributed by atoms with Crippen molar-refractivity contribution >= 4 is 37.5 Å². The van der Waals surface area contributed by atoms with Crippen LogP contribution in [0, 0.1) is 0 Å². The van der Waals surface area contributed by atoms with Crippen LogP contribution in [-0.2, 0) is 14.6 Å². The highest BCUT2D eigenvalue weighted by molar-refractivity contribution is 9.10. The van der Waals surface area contributed by atoms with Crippen LogP contribution in [0.1, 0.15) is 6.42 Å². The van der Waals surface area contributed by atoms with Gasteiger partial charge < -0.3 is 10.6 Å². The van der Waals surface area contributed by atoms with E-state index >= 15 is 0 Å². The number of carbonyl (C=O) groups is 1. The van der Waals surface area contributed by atoms with Gasteiger partial charge in [0, 0.05) is 19.0 Å². The molecule has 0 radical (unpaired) electrons. The largest absolute Gasteiger partial charge is 0.311 e. The van der Waals surface area contributed by atoms with E-state index in [0.717, 1.165) is 0 Å². The molecule has 1 unspecified atom stereocenters. The summed E-state index contributed by atoms with van der Waals surface area (Å²) >= 11 is 3.14. The number of hydrogen-bond donors (Lipinski definition) is 2. The zero-order valence-electron chi connectivity index (χ0n) is 9.97. The maximum absolute atomic E-state index is 11.8. The van der Waals surface area contributed by atoms with Gasteiger partial charge in [-0.2, -0.15) is 0 Å². The van der Waals surface area contributed by atoms with Gasteiger partial charge in [0.05, 0.1) is 23.9 Å². The van der Waals surface area contributed by atoms with Gasteiger partial charge in [-0.1, -0.05) is 0 Å². The van der Waals surface area contributed by atoms with Crippen LogP contribution in [0.2, 0.25) is 0 Å². The topological polar surface area (TPSA) is 101 Å². The van der Waals surface area contributed by atoms with Crippen LogP contribution in [0.3, 0.4) is 0 Å². The fourth-order valence-electron chi connectivity index (χ4n) is 1.79. The summed E-state index contributed by atoms with van der Waals surface area (Å²) in [5.41, 5.74) is 0. The first-order valence-electron chi connectivity index (χ1n) is 5.66. The van der Waals surface area contributed by atoms with Crippen LogP contribution in [0.25, 0.3) is 0 Å². The maximum Gasteiger partial charge on any atom is 0.227 e. The molecule has 2 heterocycles. The molecule has 0 bridgehead atoms. The number of anilines is 1. The van der Waals surface area contributed by atoms with Crippen molar-refractivity contribution in [3.05, 3.63) is 17.0 Å². The standard InChI is InChI=1S/C10H13BrN4O3S/c11-8-4-14-9(5-13-8)15-10(16)3-7-6-19(17,18)2-1-12-7/h4-5,7,12H,1-3,6H2,(H,14,15,16). The highest BCUT2D eigenvalue weighted by Gasteiger charge is 2.26. The zero-order chi connectivity index (χ0) is 13.9. The number of rotatable bonds is 3. The molecule has 2 N–H and O–H groups in total. The molecule has 1 amide bonds. The van der Waals surface area contributed by atoms with E-state index in [9.17, 15) is 13.2 Å². The predicted molar refractivity (Wildman–Crippen MR) is 73.4 cm³/mol. The third kappa shape index (κ3) is 4.51. The molecule has 1 aliphatic heterocycles. The Morgan fingerprint density at radius 2 is 2.26 bits per heavy atom. The fourth-order valence-corrected chi connectivity index (χ4v) is 3.44. The number of nitrogens with zero attached hydrogens (tertiary/aromatic N) is 2. The van der Waals surface area contributed by atoms with E-state index in [1.165, 1.54) is 12.4 Å². The van der Waals surface area contributed by atoms with E-state index in [0.29, 0.717) is 17.0 Å². The van der Waals surface area contributed by atoms with Crippen molar-refractivity contribution < 1.29 is 13.2 Å². The average Bonchev–Trinajstić information content (AvgIpc) is 2.30. The van der Waals surface area contributed by atoms with Crippen LogP contribution in [0.5, 0.6) is 0 Å². The number of nitrogens with one attached hydrogen (secondary N) is 2. The molecular formula is C10H13BrN4O3S. The summed E-state index contributed by atoms with van der Waals surface area (Å²) in [6.45, 7) is 0.387. The van der Waals surface area contributed by atoms with Crippen LogP contribution in [0.4, 0.5) is 5.82 Å². The molecule has 1 fully saturated rings. The van der Waals surface area contributed by atoms with Crippen molar-refractivity contribution in [1.82, 2.24) is 15.3 Å². The molecule has 9 heteroatoms. The SMILES string of the molecule is O=C(CC1CS(=O)(=O)CCN1)Nc1cnc(Br)cn1. The second kappa shape index (κ2) is 5.93. The van der Waals surface area contributed by atoms with Gasteiger partial charge in [0.1, 0.15) is 4.60 Å². The molecule has 104 valence electrons. The lowest BCUT2D eigenvalue weighted by atomic mass is 10.2. The predicted octanol–water partition coefficient (Wildman–Crippen LogP) is -0.0457. The second-order valence-electron chi connectivity index (χ2n) is 4.24. The minimum absolute atomic E-state index is 0.00750. The summed E-state index contributed by atoms with van der Waals surface area (Å²) in [7, 11) is -3.03. The number of hydrogen-bond acceptors (Lipinski definition) is 6. The van der Waals surface area contributed by atoms with Gasteiger partial charge in [0.25, 0.3) is 0 Å². The average molecular weight is 349 g/mol. The maximum atomic E-state index is 11.8. The first-order chi connectivity index (χ1) is 8.94. The van der Waals surface area contributed by atoms with Crippen molar-refractivity contribution in [2.75, 3.05) is 23.4 Å². The van der Waals surface area contributed by atoms with E-state index in [1.807, 2.05) is 0 Å². The monoisotopic (exact) mass is 348 g/mol. The van der Waals surface area contributed by atoms with E-state index in [-0.39, 0.29) is 29.9 Å². The van der Waals surface area contributed by atoms with Gasteiger partial charge in [-0.3, -0.25) is 4.79 Å². The van der Waals surface area contributed by atoms with Gasteiger partial charge >= 0.3 is 0 Å². The molecular weight excluding hydrogens is 336 g/mol. The lowest BCUT2D eigenvalue weighted by Crippen LogP contribution is -2.46. The van der Waals surface area contributed by atoms with Crippen LogP contribution < -0.4 is 10.6 Å². The number of amides is 1. The van der Waals surface area contributed by atoms with Gasteiger partial charge in [0.2, 0.25) is 5.91 Å². The molecule has 0 aliphatic carbocycles. The van der Waals surface area contributed by atoms with Crippen molar-refractivity contribution in [3.63, 3.8) is 0 Å². The third-order valence-corrected chi connectivity index (χ3v) is 4.77. The lowest BCUT2D eigenvalue weighted by molar-refractivity contribution is -0.116. The highest BCUT2D eigenvalue weighted by atomic mass is 79.9. The Kier molecular flexibility index (Phi) is 4.48. The Bertz CT molecular complexity index is 561. The molecule has 0 saturated carbocycles. The molecule has 0 aromatic carbocycles. The van der Waals surface area contributed by atoms with Crippen LogP contribution in [-0.4, -0.2) is 48.4 Å². The van der Waals surface area contributed by atoms with Crippen molar-refractivity contribution in [2.45, 2.75) is 12.5 Å². The number of aromatic nitrogens is 2. The number of halogens is 1. The molecule has 1 aromatic heterocycles. The van der Waals surface area contributed by atoms with E-state index in [4.69, 9.17) is 0 Å². The summed E-state index contributed by atoms with van der Waals surface area (Å²) in [5.74, 6) is 0.175. The lowest BCUT2D eigenvalue weighted by Gasteiger charge is -2.22. The van der Waals surface area contributed by atoms with Crippen molar-refractivity contribution in [2.24, 2.45) is 0 Å². The van der Waals surface area contributed by atoms with Gasteiger partial charge in [-0.15, -0.1) is 0 Å². The quantitative estimate of drug-likeness (QED) is 0.794. The first-order valence-corrected chi connectivity index (χ1v) is 8.27. The molecule has 2 rings (SSSR count). The summed E-state index contributed by atoms with van der Waals surface area (Å²) in [4.78, 5) is 19.6.